The average molecular weight is 288 g/mol. The zero-order valence-corrected chi connectivity index (χ0v) is 11.4. The van der Waals surface area contributed by atoms with E-state index in [2.05, 4.69) is 10.3 Å². The lowest BCUT2D eigenvalue weighted by Crippen LogP contribution is -2.44. The minimum absolute atomic E-state index is 0.0382. The number of rotatable bonds is 3. The molecular formula is C15H16N2O4. The van der Waals surface area contributed by atoms with Crippen LogP contribution in [0.1, 0.15) is 16.8 Å². The molecular weight excluding hydrogens is 272 g/mol. The maximum atomic E-state index is 12.3. The third-order valence-electron chi connectivity index (χ3n) is 3.69. The number of hydrogen-bond donors (Lipinski definition) is 3. The summed E-state index contributed by atoms with van der Waals surface area (Å²) in [6.45, 7) is 0.738. The Morgan fingerprint density at radius 2 is 2.24 bits per heavy atom. The van der Waals surface area contributed by atoms with E-state index in [1.54, 1.807) is 18.2 Å². The van der Waals surface area contributed by atoms with Crippen LogP contribution in [0.5, 0.6) is 0 Å². The van der Waals surface area contributed by atoms with Crippen molar-refractivity contribution in [1.82, 2.24) is 10.3 Å². The topological polar surface area (TPSA) is 91.4 Å². The van der Waals surface area contributed by atoms with E-state index in [-0.39, 0.29) is 24.1 Å². The van der Waals surface area contributed by atoms with Gasteiger partial charge in [0.25, 0.3) is 5.91 Å². The highest BCUT2D eigenvalue weighted by atomic mass is 16.5. The number of fused-ring (bicyclic) bond motifs is 1. The normalized spacial score (nSPS) is 21.6. The first-order chi connectivity index (χ1) is 10.1. The molecule has 6 heteroatoms. The standard InChI is InChI=1S/C15H16N2O4/c18-13-10-3-1-2-4-12(10)16-7-11(13)14(19)17-8-15(20)5-6-21-9-15/h1-4,7,20H,5-6,8-9H2,(H,16,18)(H,17,19). The molecule has 0 bridgehead atoms. The first-order valence-electron chi connectivity index (χ1n) is 6.78. The molecule has 1 aromatic heterocycles. The summed E-state index contributed by atoms with van der Waals surface area (Å²) in [6, 6.07) is 7.01. The number of nitrogens with one attached hydrogen (secondary N) is 2. The van der Waals surface area contributed by atoms with Crippen molar-refractivity contribution in [3.05, 3.63) is 46.2 Å². The van der Waals surface area contributed by atoms with Gasteiger partial charge in [-0.1, -0.05) is 12.1 Å². The molecule has 1 atom stereocenters. The number of aromatic nitrogens is 1. The molecule has 1 aromatic carbocycles. The molecule has 0 spiro atoms. The molecule has 6 nitrogen and oxygen atoms in total. The van der Waals surface area contributed by atoms with Gasteiger partial charge in [-0.25, -0.2) is 0 Å². The fraction of sp³-hybridized carbons (Fsp3) is 0.333. The Hall–Kier alpha value is -2.18. The third-order valence-corrected chi connectivity index (χ3v) is 3.69. The van der Waals surface area contributed by atoms with Gasteiger partial charge in [-0.05, 0) is 12.1 Å². The van der Waals surface area contributed by atoms with Crippen LogP contribution in [0.2, 0.25) is 0 Å². The summed E-state index contributed by atoms with van der Waals surface area (Å²) in [4.78, 5) is 27.3. The molecule has 1 unspecified atom stereocenters. The first kappa shape index (κ1) is 13.8. The fourth-order valence-corrected chi connectivity index (χ4v) is 2.41. The summed E-state index contributed by atoms with van der Waals surface area (Å²) in [6.07, 6.45) is 1.87. The summed E-state index contributed by atoms with van der Waals surface area (Å²) >= 11 is 0. The van der Waals surface area contributed by atoms with E-state index in [1.807, 2.05) is 6.07 Å². The number of aromatic amines is 1. The van der Waals surface area contributed by atoms with E-state index in [4.69, 9.17) is 4.74 Å². The zero-order valence-electron chi connectivity index (χ0n) is 11.4. The Labute approximate surface area is 120 Å². The van der Waals surface area contributed by atoms with E-state index in [9.17, 15) is 14.7 Å². The second kappa shape index (κ2) is 5.31. The van der Waals surface area contributed by atoms with Gasteiger partial charge >= 0.3 is 0 Å². The van der Waals surface area contributed by atoms with E-state index < -0.39 is 11.5 Å². The summed E-state index contributed by atoms with van der Waals surface area (Å²) in [5, 5.41) is 13.2. The number of amides is 1. The van der Waals surface area contributed by atoms with Crippen LogP contribution in [0.4, 0.5) is 0 Å². The lowest BCUT2D eigenvalue weighted by molar-refractivity contribution is 0.0264. The Balaban J connectivity index is 1.81. The molecule has 0 radical (unpaired) electrons. The maximum Gasteiger partial charge on any atom is 0.256 e. The van der Waals surface area contributed by atoms with Crippen molar-refractivity contribution >= 4 is 16.8 Å². The van der Waals surface area contributed by atoms with Crippen LogP contribution in [0.15, 0.2) is 35.3 Å². The van der Waals surface area contributed by atoms with Gasteiger partial charge in [0.05, 0.1) is 6.61 Å². The van der Waals surface area contributed by atoms with Gasteiger partial charge in [0, 0.05) is 36.7 Å². The molecule has 3 rings (SSSR count). The molecule has 110 valence electrons. The Bertz CT molecular complexity index is 732. The van der Waals surface area contributed by atoms with E-state index in [1.165, 1.54) is 6.20 Å². The van der Waals surface area contributed by atoms with Crippen LogP contribution in [0, 0.1) is 0 Å². The highest BCUT2D eigenvalue weighted by Crippen LogP contribution is 2.17. The van der Waals surface area contributed by atoms with Crippen molar-refractivity contribution in [2.75, 3.05) is 19.8 Å². The van der Waals surface area contributed by atoms with Crippen LogP contribution in [0.3, 0.4) is 0 Å². The SMILES string of the molecule is O=C(NCC1(O)CCOC1)c1c[nH]c2ccccc2c1=O. The molecule has 1 aliphatic heterocycles. The Morgan fingerprint density at radius 3 is 3.00 bits per heavy atom. The fourth-order valence-electron chi connectivity index (χ4n) is 2.41. The second-order valence-electron chi connectivity index (χ2n) is 5.29. The Morgan fingerprint density at radius 1 is 1.43 bits per heavy atom. The number of pyridine rings is 1. The number of carbonyl (C=O) groups is 1. The molecule has 1 aliphatic rings. The summed E-state index contributed by atoms with van der Waals surface area (Å²) < 4.78 is 5.11. The van der Waals surface area contributed by atoms with E-state index in [0.717, 1.165) is 0 Å². The molecule has 1 saturated heterocycles. The number of benzene rings is 1. The summed E-state index contributed by atoms with van der Waals surface area (Å²) in [5.41, 5.74) is -0.645. The number of carbonyl (C=O) groups excluding carboxylic acids is 1. The van der Waals surface area contributed by atoms with E-state index in [0.29, 0.717) is 23.9 Å². The van der Waals surface area contributed by atoms with Gasteiger partial charge in [-0.3, -0.25) is 9.59 Å². The largest absolute Gasteiger partial charge is 0.386 e. The molecule has 21 heavy (non-hydrogen) atoms. The van der Waals surface area contributed by atoms with Crippen molar-refractivity contribution in [2.45, 2.75) is 12.0 Å². The highest BCUT2D eigenvalue weighted by Gasteiger charge is 2.32. The van der Waals surface area contributed by atoms with Crippen LogP contribution < -0.4 is 10.7 Å². The Kier molecular flexibility index (Phi) is 3.48. The lowest BCUT2D eigenvalue weighted by Gasteiger charge is -2.20. The minimum atomic E-state index is -1.04. The third kappa shape index (κ3) is 2.68. The number of ether oxygens (including phenoxy) is 1. The zero-order chi connectivity index (χ0) is 14.9. The summed E-state index contributed by atoms with van der Waals surface area (Å²) in [5.74, 6) is -0.498. The smallest absolute Gasteiger partial charge is 0.256 e. The van der Waals surface area contributed by atoms with Crippen molar-refractivity contribution in [3.8, 4) is 0 Å². The molecule has 1 fully saturated rings. The lowest BCUT2D eigenvalue weighted by atomic mass is 10.0. The molecule has 0 aliphatic carbocycles. The average Bonchev–Trinajstić information content (AvgIpc) is 2.93. The van der Waals surface area contributed by atoms with Gasteiger partial charge in [-0.15, -0.1) is 0 Å². The van der Waals surface area contributed by atoms with Gasteiger partial charge in [0.1, 0.15) is 11.2 Å². The number of hydrogen-bond acceptors (Lipinski definition) is 4. The van der Waals surface area contributed by atoms with Crippen molar-refractivity contribution < 1.29 is 14.6 Å². The predicted molar refractivity (Wildman–Crippen MR) is 77.3 cm³/mol. The van der Waals surface area contributed by atoms with Gasteiger partial charge in [0.15, 0.2) is 0 Å². The molecule has 1 amide bonds. The molecule has 2 aromatic rings. The number of para-hydroxylation sites is 1. The monoisotopic (exact) mass is 288 g/mol. The van der Waals surface area contributed by atoms with Crippen LogP contribution >= 0.6 is 0 Å². The van der Waals surface area contributed by atoms with Crippen LogP contribution in [-0.4, -0.2) is 41.4 Å². The highest BCUT2D eigenvalue weighted by molar-refractivity contribution is 5.97. The minimum Gasteiger partial charge on any atom is -0.386 e. The van der Waals surface area contributed by atoms with Gasteiger partial charge in [-0.2, -0.15) is 0 Å². The molecule has 2 heterocycles. The van der Waals surface area contributed by atoms with Gasteiger partial charge < -0.3 is 20.1 Å². The first-order valence-corrected chi connectivity index (χ1v) is 6.78. The molecule has 0 saturated carbocycles. The van der Waals surface area contributed by atoms with E-state index >= 15 is 0 Å². The maximum absolute atomic E-state index is 12.3. The summed E-state index contributed by atoms with van der Waals surface area (Å²) in [7, 11) is 0. The van der Waals surface area contributed by atoms with Crippen LogP contribution in [0.25, 0.3) is 10.9 Å². The van der Waals surface area contributed by atoms with Crippen molar-refractivity contribution in [3.63, 3.8) is 0 Å². The molecule has 3 N–H and O–H groups in total. The van der Waals surface area contributed by atoms with Gasteiger partial charge in [0.2, 0.25) is 5.43 Å². The second-order valence-corrected chi connectivity index (χ2v) is 5.29. The van der Waals surface area contributed by atoms with Crippen molar-refractivity contribution in [2.24, 2.45) is 0 Å². The number of aliphatic hydroxyl groups is 1. The van der Waals surface area contributed by atoms with Crippen LogP contribution in [-0.2, 0) is 4.74 Å². The van der Waals surface area contributed by atoms with Crippen molar-refractivity contribution in [1.29, 1.82) is 0 Å². The number of H-pyrrole nitrogens is 1. The predicted octanol–water partition coefficient (Wildman–Crippen LogP) is 0.409. The quantitative estimate of drug-likeness (QED) is 0.763.